The Hall–Kier alpha value is -0.970. The number of carbonyl (C=O) groups excluding carboxylic acids is 1. The molecule has 0 aromatic carbocycles. The second-order valence-corrected chi connectivity index (χ2v) is 3.55. The zero-order chi connectivity index (χ0) is 11.6. The maximum Gasteiger partial charge on any atom is 0.348 e. The van der Waals surface area contributed by atoms with Crippen LogP contribution >= 0.6 is 0 Å². The second-order valence-electron chi connectivity index (χ2n) is 3.55. The van der Waals surface area contributed by atoms with Crippen LogP contribution in [0.4, 0.5) is 8.78 Å². The number of rotatable bonds is 4. The topological polar surface area (TPSA) is 40.5 Å². The van der Waals surface area contributed by atoms with Gasteiger partial charge in [-0.3, -0.25) is 4.79 Å². The molecule has 1 aliphatic rings. The fourth-order valence-electron chi connectivity index (χ4n) is 1.74. The first-order chi connectivity index (χ1) is 7.00. The second kappa shape index (κ2) is 4.26. The van der Waals surface area contributed by atoms with Crippen molar-refractivity contribution in [1.82, 2.24) is 4.90 Å². The molecule has 1 fully saturated rings. The van der Waals surface area contributed by atoms with E-state index in [4.69, 9.17) is 5.11 Å². The molecule has 2 atom stereocenters. The maximum atomic E-state index is 13.1. The van der Waals surface area contributed by atoms with Crippen molar-refractivity contribution in [2.24, 2.45) is 0 Å². The molecule has 0 aromatic rings. The predicted octanol–water partition coefficient (Wildman–Crippen LogP) is 1.18. The van der Waals surface area contributed by atoms with Crippen molar-refractivity contribution in [3.63, 3.8) is 0 Å². The van der Waals surface area contributed by atoms with Crippen LogP contribution < -0.4 is 0 Å². The zero-order valence-corrected chi connectivity index (χ0v) is 8.78. The molecule has 0 radical (unpaired) electrons. The highest BCUT2D eigenvalue weighted by Crippen LogP contribution is 2.39. The minimum atomic E-state index is -3.31. The summed E-state index contributed by atoms with van der Waals surface area (Å²) in [5.74, 6) is -4.50. The van der Waals surface area contributed by atoms with Gasteiger partial charge < -0.3 is 10.0 Å². The Bertz CT molecular complexity index is 275. The lowest BCUT2D eigenvalue weighted by Gasteiger charge is -2.48. The summed E-state index contributed by atoms with van der Waals surface area (Å²) in [6, 6.07) is -1.72. The summed E-state index contributed by atoms with van der Waals surface area (Å²) < 4.78 is 26.3. The van der Waals surface area contributed by atoms with E-state index in [9.17, 15) is 13.6 Å². The Morgan fingerprint density at radius 2 is 2.27 bits per heavy atom. The molecule has 1 amide bonds. The Kier molecular flexibility index (Phi) is 3.44. The van der Waals surface area contributed by atoms with E-state index >= 15 is 0 Å². The number of hydrogen-bond donors (Lipinski definition) is 1. The molecular weight excluding hydrogens is 204 g/mol. The first-order valence-corrected chi connectivity index (χ1v) is 4.94. The first-order valence-electron chi connectivity index (χ1n) is 4.94. The quantitative estimate of drug-likeness (QED) is 0.569. The van der Waals surface area contributed by atoms with Gasteiger partial charge in [-0.05, 0) is 13.3 Å². The van der Waals surface area contributed by atoms with Crippen molar-refractivity contribution in [2.75, 3.05) is 6.61 Å². The number of aliphatic hydroxyl groups excluding tert-OH is 1. The van der Waals surface area contributed by atoms with Crippen LogP contribution in [0.15, 0.2) is 12.2 Å². The van der Waals surface area contributed by atoms with Crippen LogP contribution in [-0.4, -0.2) is 40.5 Å². The highest BCUT2D eigenvalue weighted by molar-refractivity contribution is 5.92. The molecule has 0 aliphatic carbocycles. The molecule has 5 heteroatoms. The van der Waals surface area contributed by atoms with Gasteiger partial charge in [0.25, 0.3) is 5.91 Å². The number of nitrogens with zero attached hydrogens (tertiary/aromatic N) is 1. The van der Waals surface area contributed by atoms with E-state index in [1.54, 1.807) is 13.8 Å². The molecule has 0 spiro atoms. The van der Waals surface area contributed by atoms with Gasteiger partial charge >= 0.3 is 5.92 Å². The summed E-state index contributed by atoms with van der Waals surface area (Å²) in [5.41, 5.74) is 0. The van der Waals surface area contributed by atoms with Gasteiger partial charge in [0.1, 0.15) is 6.04 Å². The molecule has 0 aromatic heterocycles. The van der Waals surface area contributed by atoms with Crippen molar-refractivity contribution < 1.29 is 18.7 Å². The molecule has 0 bridgehead atoms. The molecule has 3 nitrogen and oxygen atoms in total. The van der Waals surface area contributed by atoms with Crippen LogP contribution in [0, 0.1) is 0 Å². The van der Waals surface area contributed by atoms with Gasteiger partial charge in [-0.25, -0.2) is 0 Å². The smallest absolute Gasteiger partial charge is 0.348 e. The zero-order valence-electron chi connectivity index (χ0n) is 8.78. The molecule has 0 unspecified atom stereocenters. The summed E-state index contributed by atoms with van der Waals surface area (Å²) in [4.78, 5) is 12.2. The largest absolute Gasteiger partial charge is 0.394 e. The van der Waals surface area contributed by atoms with Crippen molar-refractivity contribution in [2.45, 2.75) is 38.3 Å². The number of β-lactam (4-membered cyclic amide) rings is 1. The van der Waals surface area contributed by atoms with Gasteiger partial charge in [-0.15, -0.1) is 0 Å². The molecule has 86 valence electrons. The van der Waals surface area contributed by atoms with Crippen molar-refractivity contribution >= 4 is 5.91 Å². The van der Waals surface area contributed by atoms with E-state index in [2.05, 4.69) is 0 Å². The molecule has 0 saturated carbocycles. The third-order valence-electron chi connectivity index (χ3n) is 2.64. The summed E-state index contributed by atoms with van der Waals surface area (Å²) in [7, 11) is 0. The lowest BCUT2D eigenvalue weighted by Crippen LogP contribution is -2.71. The van der Waals surface area contributed by atoms with Crippen LogP contribution in [0.3, 0.4) is 0 Å². The lowest BCUT2D eigenvalue weighted by molar-refractivity contribution is -0.204. The number of amides is 1. The predicted molar refractivity (Wildman–Crippen MR) is 51.6 cm³/mol. The van der Waals surface area contributed by atoms with E-state index in [-0.39, 0.29) is 6.61 Å². The highest BCUT2D eigenvalue weighted by Gasteiger charge is 2.63. The third kappa shape index (κ3) is 1.76. The van der Waals surface area contributed by atoms with Gasteiger partial charge in [0.15, 0.2) is 0 Å². The number of likely N-dealkylation sites (tertiary alicyclic amines) is 1. The van der Waals surface area contributed by atoms with E-state index in [0.29, 0.717) is 6.42 Å². The molecule has 1 aliphatic heterocycles. The number of carbonyl (C=O) groups is 1. The van der Waals surface area contributed by atoms with E-state index in [0.717, 1.165) is 4.90 Å². The van der Waals surface area contributed by atoms with Crippen LogP contribution in [0.2, 0.25) is 0 Å². The maximum absolute atomic E-state index is 13.1. The van der Waals surface area contributed by atoms with Gasteiger partial charge in [0, 0.05) is 0 Å². The van der Waals surface area contributed by atoms with E-state index < -0.39 is 23.9 Å². The van der Waals surface area contributed by atoms with Crippen molar-refractivity contribution in [3.05, 3.63) is 12.2 Å². The minimum Gasteiger partial charge on any atom is -0.394 e. The number of aliphatic hydroxyl groups is 1. The summed E-state index contributed by atoms with van der Waals surface area (Å²) in [6.07, 6.45) is 3.24. The number of alkyl halides is 2. The fourth-order valence-corrected chi connectivity index (χ4v) is 1.74. The summed E-state index contributed by atoms with van der Waals surface area (Å²) in [5, 5.41) is 8.97. The third-order valence-corrected chi connectivity index (χ3v) is 2.64. The Morgan fingerprint density at radius 1 is 1.67 bits per heavy atom. The number of halogens is 2. The van der Waals surface area contributed by atoms with Gasteiger partial charge in [-0.2, -0.15) is 8.78 Å². The Balaban J connectivity index is 2.86. The number of hydrogen-bond acceptors (Lipinski definition) is 2. The SMILES string of the molecule is C/C=C/[C@@H]1N([C@@H](CC)CO)C(=O)C1(F)F. The van der Waals surface area contributed by atoms with Crippen LogP contribution in [0.25, 0.3) is 0 Å². The number of allylic oxidation sites excluding steroid dienone is 1. The van der Waals surface area contributed by atoms with E-state index in [1.165, 1.54) is 12.2 Å². The average molecular weight is 219 g/mol. The van der Waals surface area contributed by atoms with Gasteiger partial charge in [0.2, 0.25) is 0 Å². The normalized spacial score (nSPS) is 26.9. The fraction of sp³-hybridized carbons (Fsp3) is 0.700. The molecule has 15 heavy (non-hydrogen) atoms. The van der Waals surface area contributed by atoms with Crippen LogP contribution in [0.1, 0.15) is 20.3 Å². The van der Waals surface area contributed by atoms with Crippen LogP contribution in [0.5, 0.6) is 0 Å². The molecule has 1 rings (SSSR count). The van der Waals surface area contributed by atoms with Crippen molar-refractivity contribution in [3.8, 4) is 0 Å². The molecule has 1 N–H and O–H groups in total. The van der Waals surface area contributed by atoms with Gasteiger partial charge in [0.05, 0.1) is 12.6 Å². The van der Waals surface area contributed by atoms with E-state index in [1.807, 2.05) is 0 Å². The Morgan fingerprint density at radius 3 is 2.67 bits per heavy atom. The molecule has 1 heterocycles. The summed E-state index contributed by atoms with van der Waals surface area (Å²) in [6.45, 7) is 3.08. The average Bonchev–Trinajstić information content (AvgIpc) is 2.23. The highest BCUT2D eigenvalue weighted by atomic mass is 19.3. The van der Waals surface area contributed by atoms with Gasteiger partial charge in [-0.1, -0.05) is 19.1 Å². The van der Waals surface area contributed by atoms with Crippen LogP contribution in [-0.2, 0) is 4.79 Å². The standard InChI is InChI=1S/C10H15F2NO2/c1-3-5-8-10(11,12)9(15)13(8)7(4-2)6-14/h3,5,7-8,14H,4,6H2,1-2H3/b5-3+/t7-,8-/m0/s1. The summed E-state index contributed by atoms with van der Waals surface area (Å²) >= 11 is 0. The molecule has 1 saturated heterocycles. The monoisotopic (exact) mass is 219 g/mol. The van der Waals surface area contributed by atoms with Crippen molar-refractivity contribution in [1.29, 1.82) is 0 Å². The molecular formula is C10H15F2NO2. The minimum absolute atomic E-state index is 0.285. The lowest BCUT2D eigenvalue weighted by atomic mass is 9.92. The Labute approximate surface area is 87.4 Å². The first kappa shape index (κ1) is 12.1.